The molecule has 7 nitrogen and oxygen atoms in total. The van der Waals surface area contributed by atoms with Gasteiger partial charge < -0.3 is 25.0 Å². The number of thiocarbonyl (C=S) groups is 1. The summed E-state index contributed by atoms with van der Waals surface area (Å²) in [5, 5.41) is 7.21. The Balaban J connectivity index is 1.43. The molecule has 8 heteroatoms. The molecule has 1 aliphatic rings. The predicted molar refractivity (Wildman–Crippen MR) is 161 cm³/mol. The molecule has 1 aliphatic heterocycles. The van der Waals surface area contributed by atoms with Gasteiger partial charge in [-0.25, -0.2) is 0 Å². The summed E-state index contributed by atoms with van der Waals surface area (Å²) in [7, 11) is 4.07. The quantitative estimate of drug-likeness (QED) is 0.274. The lowest BCUT2D eigenvalue weighted by molar-refractivity contribution is -0.116. The normalized spacial score (nSPS) is 16.7. The van der Waals surface area contributed by atoms with Gasteiger partial charge in [-0.05, 0) is 78.8 Å². The van der Waals surface area contributed by atoms with Gasteiger partial charge in [-0.1, -0.05) is 31.2 Å². The molecule has 5 rings (SSSR count). The number of carbonyl (C=O) groups excluding carboxylic acids is 1. The maximum atomic E-state index is 13.0. The van der Waals surface area contributed by atoms with Gasteiger partial charge >= 0.3 is 0 Å². The first-order valence-electron chi connectivity index (χ1n) is 13.3. The van der Waals surface area contributed by atoms with Crippen LogP contribution in [0.25, 0.3) is 5.69 Å². The van der Waals surface area contributed by atoms with Gasteiger partial charge in [-0.15, -0.1) is 0 Å². The zero-order valence-electron chi connectivity index (χ0n) is 22.5. The summed E-state index contributed by atoms with van der Waals surface area (Å²) in [6.07, 6.45) is 5.04. The van der Waals surface area contributed by atoms with Crippen molar-refractivity contribution in [2.75, 3.05) is 30.9 Å². The fraction of sp³-hybridized carbons (Fsp3) is 0.258. The number of aryl methyl sites for hydroxylation is 1. The Morgan fingerprint density at radius 1 is 1.03 bits per heavy atom. The lowest BCUT2D eigenvalue weighted by Gasteiger charge is -2.29. The van der Waals surface area contributed by atoms with E-state index in [9.17, 15) is 4.79 Å². The average molecular weight is 539 g/mol. The second-order valence-corrected chi connectivity index (χ2v) is 10.2. The van der Waals surface area contributed by atoms with Crippen LogP contribution in [0.1, 0.15) is 42.4 Å². The summed E-state index contributed by atoms with van der Waals surface area (Å²) < 4.78 is 2.19. The van der Waals surface area contributed by atoms with E-state index in [0.29, 0.717) is 18.1 Å². The highest BCUT2D eigenvalue weighted by molar-refractivity contribution is 7.80. The first-order valence-corrected chi connectivity index (χ1v) is 13.7. The van der Waals surface area contributed by atoms with E-state index in [1.807, 2.05) is 56.6 Å². The van der Waals surface area contributed by atoms with Gasteiger partial charge in [0.25, 0.3) is 0 Å². The van der Waals surface area contributed by atoms with Crippen molar-refractivity contribution in [3.8, 4) is 5.69 Å². The number of benzene rings is 2. The first-order chi connectivity index (χ1) is 19.0. The van der Waals surface area contributed by atoms with Crippen molar-refractivity contribution >= 4 is 34.6 Å². The SMILES string of the molecule is CCc1ccccc1NC(=O)CCN1C(=S)N[C@H](c2ccccn2)[C@@H]1c1cccn1-c1ccc(N(C)C)cc1. The minimum absolute atomic E-state index is 0.0339. The maximum Gasteiger partial charge on any atom is 0.226 e. The number of anilines is 2. The topological polar surface area (TPSA) is 65.4 Å². The number of pyridine rings is 1. The molecule has 1 saturated heterocycles. The van der Waals surface area contributed by atoms with E-state index >= 15 is 0 Å². The average Bonchev–Trinajstić information content (AvgIpc) is 3.57. The van der Waals surface area contributed by atoms with E-state index in [2.05, 4.69) is 79.5 Å². The molecule has 2 aromatic heterocycles. The number of para-hydroxylation sites is 1. The van der Waals surface area contributed by atoms with Crippen LogP contribution in [0, 0.1) is 0 Å². The second kappa shape index (κ2) is 11.7. The zero-order chi connectivity index (χ0) is 27.4. The summed E-state index contributed by atoms with van der Waals surface area (Å²) >= 11 is 5.84. The van der Waals surface area contributed by atoms with Crippen LogP contribution in [0.5, 0.6) is 0 Å². The Morgan fingerprint density at radius 3 is 2.51 bits per heavy atom. The third kappa shape index (κ3) is 5.66. The molecule has 200 valence electrons. The van der Waals surface area contributed by atoms with Gasteiger partial charge in [-0.3, -0.25) is 9.78 Å². The van der Waals surface area contributed by atoms with Crippen molar-refractivity contribution in [2.45, 2.75) is 31.8 Å². The molecular weight excluding hydrogens is 504 g/mol. The van der Waals surface area contributed by atoms with Crippen LogP contribution in [0.3, 0.4) is 0 Å². The van der Waals surface area contributed by atoms with Gasteiger partial charge in [0.05, 0.1) is 17.8 Å². The number of hydrogen-bond donors (Lipinski definition) is 2. The zero-order valence-corrected chi connectivity index (χ0v) is 23.4. The molecule has 2 N–H and O–H groups in total. The van der Waals surface area contributed by atoms with Crippen molar-refractivity contribution in [1.82, 2.24) is 19.8 Å². The van der Waals surface area contributed by atoms with Crippen molar-refractivity contribution < 1.29 is 4.79 Å². The standard InChI is InChI=1S/C31H34N6OS/c1-4-22-10-5-6-11-25(22)33-28(38)18-21-37-30(29(34-31(37)39)26-12-7-8-19-32-26)27-13-9-20-36(27)24-16-14-23(15-17-24)35(2)3/h5-17,19-20,29-30H,4,18,21H2,1-3H3,(H,33,38)(H,34,39)/t29-,30+/m1/s1. The monoisotopic (exact) mass is 538 g/mol. The van der Waals surface area contributed by atoms with Crippen LogP contribution in [-0.2, 0) is 11.2 Å². The number of nitrogens with one attached hydrogen (secondary N) is 2. The first kappa shape index (κ1) is 26.4. The number of carbonyl (C=O) groups is 1. The Hall–Kier alpha value is -4.17. The molecule has 0 bridgehead atoms. The highest BCUT2D eigenvalue weighted by Crippen LogP contribution is 2.39. The lowest BCUT2D eigenvalue weighted by atomic mass is 10.0. The molecule has 4 aromatic rings. The van der Waals surface area contributed by atoms with Gasteiger partial charge in [0, 0.05) is 62.2 Å². The van der Waals surface area contributed by atoms with E-state index in [1.54, 1.807) is 6.20 Å². The number of rotatable bonds is 9. The second-order valence-electron chi connectivity index (χ2n) is 9.84. The van der Waals surface area contributed by atoms with E-state index in [0.717, 1.165) is 40.4 Å². The fourth-order valence-electron chi connectivity index (χ4n) is 5.13. The number of aromatic nitrogens is 2. The molecule has 0 radical (unpaired) electrons. The smallest absolute Gasteiger partial charge is 0.226 e. The molecule has 2 aromatic carbocycles. The van der Waals surface area contributed by atoms with Gasteiger partial charge in [-0.2, -0.15) is 0 Å². The van der Waals surface area contributed by atoms with Crippen molar-refractivity contribution in [3.63, 3.8) is 0 Å². The molecule has 0 saturated carbocycles. The maximum absolute atomic E-state index is 13.0. The van der Waals surface area contributed by atoms with Gasteiger partial charge in [0.15, 0.2) is 5.11 Å². The van der Waals surface area contributed by atoms with Crippen LogP contribution in [0.4, 0.5) is 11.4 Å². The van der Waals surface area contributed by atoms with Crippen LogP contribution in [0.15, 0.2) is 91.3 Å². The third-order valence-corrected chi connectivity index (χ3v) is 7.53. The van der Waals surface area contributed by atoms with Crippen LogP contribution < -0.4 is 15.5 Å². The lowest BCUT2D eigenvalue weighted by Crippen LogP contribution is -2.33. The Kier molecular flexibility index (Phi) is 7.93. The van der Waals surface area contributed by atoms with Crippen molar-refractivity contribution in [3.05, 3.63) is 108 Å². The minimum Gasteiger partial charge on any atom is -0.378 e. The van der Waals surface area contributed by atoms with Gasteiger partial charge in [0.1, 0.15) is 0 Å². The van der Waals surface area contributed by atoms with Crippen LogP contribution >= 0.6 is 12.2 Å². The van der Waals surface area contributed by atoms with E-state index in [1.165, 1.54) is 0 Å². The molecule has 0 spiro atoms. The Morgan fingerprint density at radius 2 is 1.79 bits per heavy atom. The number of amides is 1. The van der Waals surface area contributed by atoms with Crippen molar-refractivity contribution in [2.24, 2.45) is 0 Å². The molecule has 1 amide bonds. The number of hydrogen-bond acceptors (Lipinski definition) is 4. The Labute approximate surface area is 235 Å². The molecule has 1 fully saturated rings. The van der Waals surface area contributed by atoms with E-state index < -0.39 is 0 Å². The number of nitrogens with zero attached hydrogens (tertiary/aromatic N) is 4. The largest absolute Gasteiger partial charge is 0.378 e. The van der Waals surface area contributed by atoms with Crippen LogP contribution in [-0.4, -0.2) is 46.1 Å². The van der Waals surface area contributed by atoms with Crippen molar-refractivity contribution in [1.29, 1.82) is 0 Å². The summed E-state index contributed by atoms with van der Waals surface area (Å²) in [4.78, 5) is 21.9. The molecule has 3 heterocycles. The summed E-state index contributed by atoms with van der Waals surface area (Å²) in [5.41, 5.74) is 6.17. The minimum atomic E-state index is -0.155. The summed E-state index contributed by atoms with van der Waals surface area (Å²) in [6, 6.07) is 26.2. The van der Waals surface area contributed by atoms with Gasteiger partial charge in [0.2, 0.25) is 5.91 Å². The highest BCUT2D eigenvalue weighted by atomic mass is 32.1. The summed E-state index contributed by atoms with van der Waals surface area (Å²) in [6.45, 7) is 2.57. The molecule has 0 aliphatic carbocycles. The highest BCUT2D eigenvalue weighted by Gasteiger charge is 2.41. The predicted octanol–water partition coefficient (Wildman–Crippen LogP) is 5.50. The summed E-state index contributed by atoms with van der Waals surface area (Å²) in [5.74, 6) is -0.0339. The molecule has 2 atom stereocenters. The molecular formula is C31H34N6OS. The van der Waals surface area contributed by atoms with E-state index in [-0.39, 0.29) is 18.0 Å². The molecule has 0 unspecified atom stereocenters. The Bertz CT molecular complexity index is 1430. The third-order valence-electron chi connectivity index (χ3n) is 7.18. The fourth-order valence-corrected chi connectivity index (χ4v) is 5.47. The molecule has 39 heavy (non-hydrogen) atoms. The van der Waals surface area contributed by atoms with E-state index in [4.69, 9.17) is 12.2 Å². The van der Waals surface area contributed by atoms with Crippen LogP contribution in [0.2, 0.25) is 0 Å².